The molecule has 1 heterocycles. The molecule has 2 aromatic rings. The molecule has 0 spiro atoms. The quantitative estimate of drug-likeness (QED) is 0.600. The molecule has 0 saturated carbocycles. The van der Waals surface area contributed by atoms with Crippen LogP contribution >= 0.6 is 0 Å². The van der Waals surface area contributed by atoms with Crippen molar-refractivity contribution >= 4 is 17.6 Å². The van der Waals surface area contributed by atoms with Crippen molar-refractivity contribution in [3.05, 3.63) is 65.0 Å². The van der Waals surface area contributed by atoms with Crippen LogP contribution in [0.5, 0.6) is 0 Å². The van der Waals surface area contributed by atoms with E-state index >= 15 is 0 Å². The van der Waals surface area contributed by atoms with Gasteiger partial charge in [0, 0.05) is 30.9 Å². The summed E-state index contributed by atoms with van der Waals surface area (Å²) >= 11 is 0. The molecule has 3 rings (SSSR count). The largest absolute Gasteiger partial charge is 0.379 e. The molecule has 6 nitrogen and oxygen atoms in total. The molecule has 2 aromatic carbocycles. The summed E-state index contributed by atoms with van der Waals surface area (Å²) < 4.78 is 18.8. The van der Waals surface area contributed by atoms with Crippen molar-refractivity contribution < 1.29 is 13.9 Å². The number of ether oxygens (including phenoxy) is 1. The normalized spacial score (nSPS) is 15.2. The number of aryl methyl sites for hydroxylation is 2. The van der Waals surface area contributed by atoms with Gasteiger partial charge in [0.15, 0.2) is 0 Å². The van der Waals surface area contributed by atoms with Crippen LogP contribution in [-0.4, -0.2) is 56.2 Å². The first kappa shape index (κ1) is 21.0. The number of hydrogen-bond donors (Lipinski definition) is 2. The van der Waals surface area contributed by atoms with Gasteiger partial charge >= 0.3 is 0 Å². The Kier molecular flexibility index (Phi) is 7.32. The summed E-state index contributed by atoms with van der Waals surface area (Å²) in [6, 6.07) is 11.6. The smallest absolute Gasteiger partial charge is 0.258 e. The molecule has 7 heteroatoms. The Bertz CT molecular complexity index is 859. The maximum Gasteiger partial charge on any atom is 0.258 e. The number of nitrogens with one attached hydrogen (secondary N) is 2. The number of amides is 1. The number of guanidine groups is 1. The number of benzene rings is 2. The Morgan fingerprint density at radius 1 is 1.14 bits per heavy atom. The summed E-state index contributed by atoms with van der Waals surface area (Å²) in [6.07, 6.45) is 0. The van der Waals surface area contributed by atoms with Gasteiger partial charge in [-0.15, -0.1) is 0 Å². The topological polar surface area (TPSA) is 66.0 Å². The first-order chi connectivity index (χ1) is 14.0. The predicted octanol–water partition coefficient (Wildman–Crippen LogP) is 2.97. The van der Waals surface area contributed by atoms with E-state index in [1.54, 1.807) is 6.07 Å². The lowest BCUT2D eigenvalue weighted by Crippen LogP contribution is -2.39. The summed E-state index contributed by atoms with van der Waals surface area (Å²) in [5.74, 6) is -0.519. The van der Waals surface area contributed by atoms with Crippen molar-refractivity contribution in [1.29, 1.82) is 0 Å². The zero-order valence-electron chi connectivity index (χ0n) is 16.9. The van der Waals surface area contributed by atoms with Crippen molar-refractivity contribution in [1.82, 2.24) is 10.2 Å². The SMILES string of the molecule is Cc1cc(C)cc(NC(=NCCN2CCOCC2)NC(=O)c2cccc(F)c2)c1. The van der Waals surface area contributed by atoms with E-state index < -0.39 is 11.7 Å². The first-order valence-electron chi connectivity index (χ1n) is 9.76. The van der Waals surface area contributed by atoms with Gasteiger partial charge in [0.1, 0.15) is 5.82 Å². The van der Waals surface area contributed by atoms with Crippen molar-refractivity contribution in [2.24, 2.45) is 4.99 Å². The highest BCUT2D eigenvalue weighted by Crippen LogP contribution is 2.14. The van der Waals surface area contributed by atoms with Gasteiger partial charge in [-0.05, 0) is 55.3 Å². The Hall–Kier alpha value is -2.77. The minimum atomic E-state index is -0.453. The summed E-state index contributed by atoms with van der Waals surface area (Å²) in [4.78, 5) is 19.4. The van der Waals surface area contributed by atoms with Gasteiger partial charge in [-0.2, -0.15) is 0 Å². The van der Waals surface area contributed by atoms with Gasteiger partial charge in [0.05, 0.1) is 19.8 Å². The van der Waals surface area contributed by atoms with Crippen LogP contribution in [0.3, 0.4) is 0 Å². The fraction of sp³-hybridized carbons (Fsp3) is 0.364. The maximum atomic E-state index is 13.5. The Morgan fingerprint density at radius 3 is 2.55 bits per heavy atom. The number of morpholine rings is 1. The van der Waals surface area contributed by atoms with Crippen LogP contribution < -0.4 is 10.6 Å². The van der Waals surface area contributed by atoms with Crippen LogP contribution in [0.1, 0.15) is 21.5 Å². The minimum Gasteiger partial charge on any atom is -0.379 e. The second-order valence-electron chi connectivity index (χ2n) is 7.15. The van der Waals surface area contributed by atoms with Crippen molar-refractivity contribution in [3.8, 4) is 0 Å². The molecule has 0 radical (unpaired) electrons. The molecular weight excluding hydrogens is 371 g/mol. The third kappa shape index (κ3) is 6.66. The summed E-state index contributed by atoms with van der Waals surface area (Å²) in [5.41, 5.74) is 3.30. The fourth-order valence-corrected chi connectivity index (χ4v) is 3.23. The fourth-order valence-electron chi connectivity index (χ4n) is 3.23. The third-order valence-corrected chi connectivity index (χ3v) is 4.59. The van der Waals surface area contributed by atoms with E-state index in [4.69, 9.17) is 4.74 Å². The summed E-state index contributed by atoms with van der Waals surface area (Å²) in [5, 5.41) is 5.97. The van der Waals surface area contributed by atoms with Crippen LogP contribution in [0.4, 0.5) is 10.1 Å². The van der Waals surface area contributed by atoms with Crippen molar-refractivity contribution in [2.45, 2.75) is 13.8 Å². The molecule has 154 valence electrons. The number of aliphatic imine (C=N–C) groups is 1. The maximum absolute atomic E-state index is 13.5. The summed E-state index contributed by atoms with van der Waals surface area (Å²) in [6.45, 7) is 8.54. The predicted molar refractivity (Wildman–Crippen MR) is 113 cm³/mol. The van der Waals surface area contributed by atoms with E-state index in [2.05, 4.69) is 26.6 Å². The second kappa shape index (κ2) is 10.1. The van der Waals surface area contributed by atoms with Gasteiger partial charge in [-0.1, -0.05) is 12.1 Å². The van der Waals surface area contributed by atoms with Gasteiger partial charge in [0.25, 0.3) is 5.91 Å². The van der Waals surface area contributed by atoms with E-state index in [9.17, 15) is 9.18 Å². The number of carbonyl (C=O) groups is 1. The molecule has 1 aliphatic rings. The molecular formula is C22H27FN4O2. The van der Waals surface area contributed by atoms with E-state index in [0.717, 1.165) is 49.7 Å². The number of rotatable bonds is 5. The monoisotopic (exact) mass is 398 g/mol. The average Bonchev–Trinajstić information content (AvgIpc) is 2.68. The molecule has 0 aliphatic carbocycles. The Morgan fingerprint density at radius 2 is 1.86 bits per heavy atom. The van der Waals surface area contributed by atoms with Crippen LogP contribution in [0.15, 0.2) is 47.5 Å². The standard InChI is InChI=1S/C22H27FN4O2/c1-16-12-17(2)14-20(13-16)25-22(24-6-7-27-8-10-29-11-9-27)26-21(28)18-4-3-5-19(23)15-18/h3-5,12-15H,6-11H2,1-2H3,(H2,24,25,26,28). The third-order valence-electron chi connectivity index (χ3n) is 4.59. The van der Waals surface area contributed by atoms with Gasteiger partial charge < -0.3 is 10.1 Å². The molecule has 1 fully saturated rings. The summed E-state index contributed by atoms with van der Waals surface area (Å²) in [7, 11) is 0. The number of hydrogen-bond acceptors (Lipinski definition) is 4. The van der Waals surface area contributed by atoms with E-state index in [1.807, 2.05) is 26.0 Å². The van der Waals surface area contributed by atoms with Crippen LogP contribution in [0.25, 0.3) is 0 Å². The molecule has 1 saturated heterocycles. The Labute approximate surface area is 170 Å². The zero-order chi connectivity index (χ0) is 20.6. The lowest BCUT2D eigenvalue weighted by atomic mass is 10.1. The second-order valence-corrected chi connectivity index (χ2v) is 7.15. The highest BCUT2D eigenvalue weighted by atomic mass is 19.1. The average molecular weight is 398 g/mol. The highest BCUT2D eigenvalue weighted by molar-refractivity contribution is 6.10. The molecule has 1 amide bonds. The van der Waals surface area contributed by atoms with Crippen LogP contribution in [-0.2, 0) is 4.74 Å². The molecule has 0 atom stereocenters. The van der Waals surface area contributed by atoms with E-state index in [-0.39, 0.29) is 5.56 Å². The number of nitrogens with zero attached hydrogens (tertiary/aromatic N) is 2. The Balaban J connectivity index is 1.72. The molecule has 2 N–H and O–H groups in total. The molecule has 0 unspecified atom stereocenters. The lowest BCUT2D eigenvalue weighted by Gasteiger charge is -2.25. The van der Waals surface area contributed by atoms with Crippen molar-refractivity contribution in [3.63, 3.8) is 0 Å². The molecule has 1 aliphatic heterocycles. The van der Waals surface area contributed by atoms with Gasteiger partial charge in [-0.25, -0.2) is 4.39 Å². The van der Waals surface area contributed by atoms with Gasteiger partial charge in [-0.3, -0.25) is 20.0 Å². The highest BCUT2D eigenvalue weighted by Gasteiger charge is 2.12. The molecule has 29 heavy (non-hydrogen) atoms. The number of carbonyl (C=O) groups excluding carboxylic acids is 1. The van der Waals surface area contributed by atoms with Crippen molar-refractivity contribution in [2.75, 3.05) is 44.7 Å². The van der Waals surface area contributed by atoms with Crippen LogP contribution in [0.2, 0.25) is 0 Å². The zero-order valence-corrected chi connectivity index (χ0v) is 16.9. The lowest BCUT2D eigenvalue weighted by molar-refractivity contribution is 0.0394. The van der Waals surface area contributed by atoms with E-state index in [0.29, 0.717) is 12.5 Å². The number of halogens is 1. The minimum absolute atomic E-state index is 0.244. The molecule has 0 bridgehead atoms. The van der Waals surface area contributed by atoms with E-state index in [1.165, 1.54) is 18.2 Å². The first-order valence-corrected chi connectivity index (χ1v) is 9.76. The van der Waals surface area contributed by atoms with Gasteiger partial charge in [0.2, 0.25) is 5.96 Å². The molecule has 0 aromatic heterocycles. The van der Waals surface area contributed by atoms with Crippen LogP contribution in [0, 0.1) is 19.7 Å². The number of anilines is 1.